The number of hydrogen-bond acceptors (Lipinski definition) is 1. The van der Waals surface area contributed by atoms with Gasteiger partial charge in [0.2, 0.25) is 0 Å². The summed E-state index contributed by atoms with van der Waals surface area (Å²) >= 11 is 11.5. The van der Waals surface area contributed by atoms with Crippen LogP contribution in [0.2, 0.25) is 0 Å². The summed E-state index contributed by atoms with van der Waals surface area (Å²) in [6.45, 7) is 0.594. The highest BCUT2D eigenvalue weighted by Crippen LogP contribution is 2.34. The molecular formula is C5H3Cl2N3. The lowest BCUT2D eigenvalue weighted by atomic mass is 10.3. The second-order valence-electron chi connectivity index (χ2n) is 2.02. The molecule has 0 radical (unpaired) electrons. The molecule has 3 nitrogen and oxygen atoms in total. The van der Waals surface area contributed by atoms with Gasteiger partial charge in [0.05, 0.1) is 16.6 Å². The van der Waals surface area contributed by atoms with Crippen LogP contribution in [0.3, 0.4) is 0 Å². The van der Waals surface area contributed by atoms with E-state index in [-0.39, 0.29) is 0 Å². The molecule has 0 saturated heterocycles. The van der Waals surface area contributed by atoms with E-state index in [0.717, 1.165) is 0 Å². The fraction of sp³-hybridized carbons (Fsp3) is 0.200. The quantitative estimate of drug-likeness (QED) is 0.507. The third-order valence-corrected chi connectivity index (χ3v) is 1.88. The Morgan fingerprint density at radius 1 is 1.60 bits per heavy atom. The van der Waals surface area contributed by atoms with E-state index in [9.17, 15) is 0 Å². The summed E-state index contributed by atoms with van der Waals surface area (Å²) in [6.07, 6.45) is 1.70. The van der Waals surface area contributed by atoms with E-state index >= 15 is 0 Å². The van der Waals surface area contributed by atoms with Gasteiger partial charge in [-0.25, -0.2) is 4.70 Å². The fourth-order valence-electron chi connectivity index (χ4n) is 0.846. The Kier molecular flexibility index (Phi) is 1.22. The fourth-order valence-corrected chi connectivity index (χ4v) is 1.42. The molecule has 0 fully saturated rings. The van der Waals surface area contributed by atoms with Gasteiger partial charge in [-0.3, -0.25) is 0 Å². The monoisotopic (exact) mass is 175 g/mol. The Morgan fingerprint density at radius 3 is 2.80 bits per heavy atom. The van der Waals surface area contributed by atoms with Gasteiger partial charge in [-0.15, -0.1) is 5.43 Å². The molecule has 0 unspecified atom stereocenters. The number of allylic oxidation sites excluding steroid dienone is 1. The Bertz CT molecular complexity index is 271. The Labute approximate surface area is 67.6 Å². The van der Waals surface area contributed by atoms with E-state index in [4.69, 9.17) is 23.2 Å². The van der Waals surface area contributed by atoms with Gasteiger partial charge in [-0.2, -0.15) is 0 Å². The second-order valence-corrected chi connectivity index (χ2v) is 2.88. The maximum Gasteiger partial charge on any atom is 0.124 e. The molecule has 0 saturated carbocycles. The second kappa shape index (κ2) is 1.97. The van der Waals surface area contributed by atoms with Crippen molar-refractivity contribution >= 4 is 23.2 Å². The zero-order chi connectivity index (χ0) is 7.14. The molecule has 3 aliphatic rings. The minimum atomic E-state index is 0.561. The van der Waals surface area contributed by atoms with E-state index in [1.54, 1.807) is 10.9 Å². The Hall–Kier alpha value is -0.540. The molecule has 3 heterocycles. The predicted molar refractivity (Wildman–Crippen MR) is 37.7 cm³/mol. The Morgan fingerprint density at radius 2 is 2.40 bits per heavy atom. The molecule has 0 aromatic heterocycles. The van der Waals surface area contributed by atoms with Gasteiger partial charge in [-0.1, -0.05) is 28.4 Å². The van der Waals surface area contributed by atoms with Gasteiger partial charge < -0.3 is 0 Å². The maximum atomic E-state index is 5.77. The molecule has 0 N–H and O–H groups in total. The molecule has 3 aliphatic heterocycles. The van der Waals surface area contributed by atoms with Crippen LogP contribution in [0.15, 0.2) is 27.2 Å². The number of nitrogens with zero attached hydrogens (tertiary/aromatic N) is 3. The molecule has 5 heteroatoms. The van der Waals surface area contributed by atoms with E-state index in [1.165, 1.54) is 0 Å². The first-order valence-corrected chi connectivity index (χ1v) is 3.47. The zero-order valence-electron chi connectivity index (χ0n) is 4.88. The Balaban J connectivity index is 2.53. The maximum absolute atomic E-state index is 5.77. The van der Waals surface area contributed by atoms with E-state index in [2.05, 4.69) is 10.6 Å². The van der Waals surface area contributed by atoms with Gasteiger partial charge in [0, 0.05) is 6.20 Å². The summed E-state index contributed by atoms with van der Waals surface area (Å²) in [5.41, 5.74) is 4.36. The van der Waals surface area contributed by atoms with Crippen LogP contribution in [0.1, 0.15) is 0 Å². The first-order chi connectivity index (χ1) is 4.77. The van der Waals surface area contributed by atoms with Crippen LogP contribution in [-0.2, 0) is 0 Å². The average molecular weight is 176 g/mol. The lowest BCUT2D eigenvalue weighted by molar-refractivity contribution is -0.521. The van der Waals surface area contributed by atoms with Crippen LogP contribution in [0.25, 0.3) is 5.43 Å². The van der Waals surface area contributed by atoms with Crippen LogP contribution in [0.5, 0.6) is 0 Å². The van der Waals surface area contributed by atoms with Crippen molar-refractivity contribution in [1.29, 1.82) is 0 Å². The van der Waals surface area contributed by atoms with Gasteiger partial charge in [0.25, 0.3) is 0 Å². The third-order valence-electron chi connectivity index (χ3n) is 1.31. The van der Waals surface area contributed by atoms with Crippen LogP contribution in [0.4, 0.5) is 0 Å². The van der Waals surface area contributed by atoms with Crippen molar-refractivity contribution in [3.8, 4) is 0 Å². The molecule has 0 aromatic rings. The summed E-state index contributed by atoms with van der Waals surface area (Å²) in [6, 6.07) is 0. The smallest absolute Gasteiger partial charge is 0.124 e. The van der Waals surface area contributed by atoms with Crippen molar-refractivity contribution in [1.82, 2.24) is 0 Å². The van der Waals surface area contributed by atoms with Gasteiger partial charge in [0.1, 0.15) is 5.70 Å². The molecule has 0 atom stereocenters. The minimum Gasteiger partial charge on any atom is -0.247 e. The molecule has 0 amide bonds. The predicted octanol–water partition coefficient (Wildman–Crippen LogP) is 2.30. The van der Waals surface area contributed by atoms with Crippen molar-refractivity contribution in [2.75, 3.05) is 6.54 Å². The van der Waals surface area contributed by atoms with Crippen LogP contribution in [0, 0.1) is 0 Å². The normalized spacial score (nSPS) is 22.2. The van der Waals surface area contributed by atoms with Crippen molar-refractivity contribution in [2.24, 2.45) is 5.22 Å². The molecule has 0 spiro atoms. The van der Waals surface area contributed by atoms with E-state index in [0.29, 0.717) is 22.3 Å². The molecule has 10 heavy (non-hydrogen) atoms. The minimum absolute atomic E-state index is 0.561. The zero-order valence-corrected chi connectivity index (χ0v) is 6.39. The topological polar surface area (TPSA) is 29.5 Å². The van der Waals surface area contributed by atoms with Crippen molar-refractivity contribution in [2.45, 2.75) is 0 Å². The lowest BCUT2D eigenvalue weighted by Gasteiger charge is -2.20. The van der Waals surface area contributed by atoms with Crippen LogP contribution < -0.4 is 0 Å². The van der Waals surface area contributed by atoms with E-state index in [1.807, 2.05) is 0 Å². The summed E-state index contributed by atoms with van der Waals surface area (Å²) in [4.78, 5) is 0. The number of halogens is 2. The largest absolute Gasteiger partial charge is 0.247 e. The molecular weight excluding hydrogens is 173 g/mol. The summed E-state index contributed by atoms with van der Waals surface area (Å²) in [7, 11) is 0. The van der Waals surface area contributed by atoms with E-state index < -0.39 is 0 Å². The van der Waals surface area contributed by atoms with Gasteiger partial charge in [-0.05, 0) is 0 Å². The number of fused-ring (bicyclic) bond motifs is 2. The first kappa shape index (κ1) is 6.19. The summed E-state index contributed by atoms with van der Waals surface area (Å²) in [5.74, 6) is 0. The molecule has 0 aromatic carbocycles. The standard InChI is InChI=1S/C5H3Cl2N3/c6-3-1-10-2-4(7)5(3)8-9-10/h1H,2H2. The highest BCUT2D eigenvalue weighted by Gasteiger charge is 2.21. The number of hydrogen-bond donors (Lipinski definition) is 0. The van der Waals surface area contributed by atoms with Gasteiger partial charge in [0.15, 0.2) is 0 Å². The first-order valence-electron chi connectivity index (χ1n) is 2.72. The summed E-state index contributed by atoms with van der Waals surface area (Å²) < 4.78 is 1.59. The average Bonchev–Trinajstić information content (AvgIpc) is 1.86. The summed E-state index contributed by atoms with van der Waals surface area (Å²) in [5, 5.41) is 4.97. The third kappa shape index (κ3) is 0.744. The van der Waals surface area contributed by atoms with Gasteiger partial charge >= 0.3 is 0 Å². The lowest BCUT2D eigenvalue weighted by Crippen LogP contribution is -2.15. The molecule has 0 aliphatic carbocycles. The molecule has 52 valence electrons. The molecule has 2 bridgehead atoms. The highest BCUT2D eigenvalue weighted by molar-refractivity contribution is 6.36. The SMILES string of the molecule is ClC1=C[N+]2=N[N-]C1=C(Cl)C2. The van der Waals surface area contributed by atoms with Crippen LogP contribution >= 0.6 is 23.2 Å². The molecule has 3 rings (SSSR count). The van der Waals surface area contributed by atoms with Crippen LogP contribution in [-0.4, -0.2) is 11.2 Å². The number of rotatable bonds is 0. The highest BCUT2D eigenvalue weighted by atomic mass is 35.5. The van der Waals surface area contributed by atoms with Crippen molar-refractivity contribution in [3.63, 3.8) is 0 Å². The van der Waals surface area contributed by atoms with Crippen molar-refractivity contribution in [3.05, 3.63) is 27.4 Å². The van der Waals surface area contributed by atoms with Crippen molar-refractivity contribution < 1.29 is 4.70 Å².